The molecule has 0 spiro atoms. The summed E-state index contributed by atoms with van der Waals surface area (Å²) >= 11 is 0. The van der Waals surface area contributed by atoms with Crippen molar-refractivity contribution in [3.63, 3.8) is 0 Å². The lowest BCUT2D eigenvalue weighted by atomic mass is 10.1. The molecular formula is C17H20N2O5. The topological polar surface area (TPSA) is 78.0 Å². The van der Waals surface area contributed by atoms with E-state index in [1.807, 2.05) is 19.1 Å². The van der Waals surface area contributed by atoms with Gasteiger partial charge in [0, 0.05) is 24.4 Å². The maximum atomic E-state index is 11.1. The molecule has 1 aromatic carbocycles. The molecule has 1 aromatic heterocycles. The number of rotatable bonds is 5. The first-order valence-corrected chi connectivity index (χ1v) is 7.92. The third-order valence-corrected chi connectivity index (χ3v) is 3.99. The molecule has 1 atom stereocenters. The van der Waals surface area contributed by atoms with Crippen molar-refractivity contribution in [1.82, 2.24) is 0 Å². The minimum Gasteiger partial charge on any atom is -0.487 e. The van der Waals surface area contributed by atoms with Crippen LogP contribution in [0.5, 0.6) is 5.75 Å². The first-order chi connectivity index (χ1) is 11.6. The second-order valence-electron chi connectivity index (χ2n) is 5.57. The number of nitrogens with zero attached hydrogens (tertiary/aromatic N) is 2. The normalized spacial score (nSPS) is 17.8. The molecule has 1 saturated heterocycles. The van der Waals surface area contributed by atoms with Gasteiger partial charge in [-0.15, -0.1) is 0 Å². The molecule has 24 heavy (non-hydrogen) atoms. The van der Waals surface area contributed by atoms with Gasteiger partial charge in [-0.1, -0.05) is 0 Å². The molecule has 0 radical (unpaired) electrons. The molecule has 1 aliphatic rings. The Balaban J connectivity index is 1.95. The molecule has 0 amide bonds. The molecule has 0 aliphatic carbocycles. The Labute approximate surface area is 139 Å². The van der Waals surface area contributed by atoms with Gasteiger partial charge < -0.3 is 18.8 Å². The van der Waals surface area contributed by atoms with Gasteiger partial charge in [-0.3, -0.25) is 10.1 Å². The van der Waals surface area contributed by atoms with Crippen LogP contribution in [0.15, 0.2) is 34.7 Å². The average Bonchev–Trinajstić information content (AvgIpc) is 3.01. The largest absolute Gasteiger partial charge is 0.487 e. The summed E-state index contributed by atoms with van der Waals surface area (Å²) in [6, 6.07) is 8.74. The number of anilines is 1. The van der Waals surface area contributed by atoms with E-state index in [1.54, 1.807) is 19.1 Å². The Morgan fingerprint density at radius 3 is 2.88 bits per heavy atom. The number of nitro groups is 1. The van der Waals surface area contributed by atoms with Crippen LogP contribution < -0.4 is 9.64 Å². The van der Waals surface area contributed by atoms with Crippen LogP contribution in [-0.4, -0.2) is 31.3 Å². The number of furan rings is 1. The van der Waals surface area contributed by atoms with Crippen LogP contribution in [0.25, 0.3) is 0 Å². The van der Waals surface area contributed by atoms with Crippen molar-refractivity contribution in [3.05, 3.63) is 52.0 Å². The number of hydrogen-bond donors (Lipinski definition) is 0. The van der Waals surface area contributed by atoms with Crippen molar-refractivity contribution in [3.8, 4) is 5.75 Å². The molecule has 1 fully saturated rings. The Morgan fingerprint density at radius 2 is 2.21 bits per heavy atom. The molecule has 1 unspecified atom stereocenters. The van der Waals surface area contributed by atoms with Crippen LogP contribution in [-0.2, 0) is 4.74 Å². The van der Waals surface area contributed by atoms with Gasteiger partial charge in [0.1, 0.15) is 17.6 Å². The van der Waals surface area contributed by atoms with E-state index in [4.69, 9.17) is 13.9 Å². The van der Waals surface area contributed by atoms with E-state index in [-0.39, 0.29) is 17.5 Å². The Bertz CT molecular complexity index is 728. The highest BCUT2D eigenvalue weighted by Gasteiger charge is 2.29. The molecule has 3 rings (SSSR count). The Morgan fingerprint density at radius 1 is 1.38 bits per heavy atom. The zero-order chi connectivity index (χ0) is 17.1. The summed E-state index contributed by atoms with van der Waals surface area (Å²) in [4.78, 5) is 12.9. The van der Waals surface area contributed by atoms with Crippen molar-refractivity contribution in [2.75, 3.05) is 31.3 Å². The highest BCUT2D eigenvalue weighted by molar-refractivity contribution is 5.60. The van der Waals surface area contributed by atoms with E-state index < -0.39 is 4.92 Å². The molecule has 0 bridgehead atoms. The van der Waals surface area contributed by atoms with Gasteiger partial charge in [-0.2, -0.15) is 0 Å². The summed E-state index contributed by atoms with van der Waals surface area (Å²) in [6.07, 6.45) is 0. The number of ether oxygens (including phenoxy) is 2. The van der Waals surface area contributed by atoms with Gasteiger partial charge in [-0.25, -0.2) is 0 Å². The summed E-state index contributed by atoms with van der Waals surface area (Å²) in [5, 5.41) is 11.1. The number of morpholine rings is 1. The molecule has 2 heterocycles. The van der Waals surface area contributed by atoms with Gasteiger partial charge in [0.25, 0.3) is 0 Å². The van der Waals surface area contributed by atoms with Crippen molar-refractivity contribution >= 4 is 11.4 Å². The quantitative estimate of drug-likeness (QED) is 0.616. The number of hydrogen-bond acceptors (Lipinski definition) is 6. The minimum absolute atomic E-state index is 0.0285. The predicted octanol–water partition coefficient (Wildman–Crippen LogP) is 3.47. The van der Waals surface area contributed by atoms with Gasteiger partial charge >= 0.3 is 5.69 Å². The van der Waals surface area contributed by atoms with E-state index in [9.17, 15) is 10.1 Å². The van der Waals surface area contributed by atoms with Gasteiger partial charge in [0.05, 0.1) is 24.7 Å². The summed E-state index contributed by atoms with van der Waals surface area (Å²) < 4.78 is 16.8. The Kier molecular flexibility index (Phi) is 4.71. The summed E-state index contributed by atoms with van der Waals surface area (Å²) in [5.74, 6) is 1.94. The fourth-order valence-electron chi connectivity index (χ4n) is 2.88. The van der Waals surface area contributed by atoms with Gasteiger partial charge in [0.15, 0.2) is 5.75 Å². The van der Waals surface area contributed by atoms with Crippen LogP contribution in [0.4, 0.5) is 11.4 Å². The summed E-state index contributed by atoms with van der Waals surface area (Å²) in [7, 11) is 0. The zero-order valence-electron chi connectivity index (χ0n) is 13.7. The van der Waals surface area contributed by atoms with E-state index in [0.717, 1.165) is 17.2 Å². The van der Waals surface area contributed by atoms with Crippen molar-refractivity contribution in [2.45, 2.75) is 19.9 Å². The molecule has 7 heteroatoms. The lowest BCUT2D eigenvalue weighted by Gasteiger charge is -2.36. The second kappa shape index (κ2) is 6.92. The molecular weight excluding hydrogens is 312 g/mol. The van der Waals surface area contributed by atoms with E-state index in [2.05, 4.69) is 4.90 Å². The standard InChI is InChI=1S/C17H20N2O5/c1-3-23-17-10-13(5-6-14(17)19(20)21)18-8-9-22-11-15(18)16-7-4-12(2)24-16/h4-7,10,15H,3,8-9,11H2,1-2H3. The first-order valence-electron chi connectivity index (χ1n) is 7.92. The third kappa shape index (κ3) is 3.21. The average molecular weight is 332 g/mol. The SMILES string of the molecule is CCOc1cc(N2CCOCC2c2ccc(C)o2)ccc1[N+](=O)[O-]. The summed E-state index contributed by atoms with van der Waals surface area (Å²) in [5.41, 5.74) is 0.825. The second-order valence-corrected chi connectivity index (χ2v) is 5.57. The molecule has 1 aliphatic heterocycles. The van der Waals surface area contributed by atoms with E-state index in [0.29, 0.717) is 26.4 Å². The van der Waals surface area contributed by atoms with E-state index >= 15 is 0 Å². The smallest absolute Gasteiger partial charge is 0.311 e. The zero-order valence-corrected chi connectivity index (χ0v) is 13.7. The molecule has 0 saturated carbocycles. The van der Waals surface area contributed by atoms with E-state index in [1.165, 1.54) is 6.07 Å². The Hall–Kier alpha value is -2.54. The lowest BCUT2D eigenvalue weighted by molar-refractivity contribution is -0.385. The van der Waals surface area contributed by atoms with Crippen LogP contribution >= 0.6 is 0 Å². The predicted molar refractivity (Wildman–Crippen MR) is 88.6 cm³/mol. The van der Waals surface area contributed by atoms with Crippen molar-refractivity contribution in [1.29, 1.82) is 0 Å². The molecule has 2 aromatic rings. The van der Waals surface area contributed by atoms with Crippen molar-refractivity contribution in [2.24, 2.45) is 0 Å². The van der Waals surface area contributed by atoms with Gasteiger partial charge in [0.2, 0.25) is 0 Å². The maximum Gasteiger partial charge on any atom is 0.311 e. The van der Waals surface area contributed by atoms with Gasteiger partial charge in [-0.05, 0) is 32.0 Å². The molecule has 0 N–H and O–H groups in total. The molecule has 7 nitrogen and oxygen atoms in total. The highest BCUT2D eigenvalue weighted by atomic mass is 16.6. The van der Waals surface area contributed by atoms with Crippen LogP contribution in [0.1, 0.15) is 24.5 Å². The van der Waals surface area contributed by atoms with Crippen LogP contribution in [0, 0.1) is 17.0 Å². The first kappa shape index (κ1) is 16.3. The van der Waals surface area contributed by atoms with Crippen LogP contribution in [0.2, 0.25) is 0 Å². The lowest BCUT2D eigenvalue weighted by Crippen LogP contribution is -2.39. The number of nitro benzene ring substituents is 1. The van der Waals surface area contributed by atoms with Crippen LogP contribution in [0.3, 0.4) is 0 Å². The number of benzene rings is 1. The monoisotopic (exact) mass is 332 g/mol. The fraction of sp³-hybridized carbons (Fsp3) is 0.412. The number of aryl methyl sites for hydroxylation is 1. The summed E-state index contributed by atoms with van der Waals surface area (Å²) in [6.45, 7) is 5.85. The molecule has 128 valence electrons. The van der Waals surface area contributed by atoms with Crippen molar-refractivity contribution < 1.29 is 18.8 Å². The fourth-order valence-corrected chi connectivity index (χ4v) is 2.88. The minimum atomic E-state index is -0.429. The third-order valence-electron chi connectivity index (χ3n) is 3.99. The maximum absolute atomic E-state index is 11.1. The highest BCUT2D eigenvalue weighted by Crippen LogP contribution is 2.36.